The first-order valence-electron chi connectivity index (χ1n) is 10.0. The summed E-state index contributed by atoms with van der Waals surface area (Å²) in [6.07, 6.45) is 8.47. The van der Waals surface area contributed by atoms with E-state index < -0.39 is 17.3 Å². The molecule has 0 saturated carbocycles. The van der Waals surface area contributed by atoms with Crippen molar-refractivity contribution in [2.45, 2.75) is 19.4 Å². The van der Waals surface area contributed by atoms with Gasteiger partial charge in [-0.15, -0.1) is 0 Å². The first kappa shape index (κ1) is 22.7. The van der Waals surface area contributed by atoms with Crippen LogP contribution in [0.4, 0.5) is 0 Å². The highest BCUT2D eigenvalue weighted by Crippen LogP contribution is 2.33. The van der Waals surface area contributed by atoms with Crippen LogP contribution < -0.4 is 15.8 Å². The van der Waals surface area contributed by atoms with E-state index in [0.717, 1.165) is 5.56 Å². The van der Waals surface area contributed by atoms with E-state index in [-0.39, 0.29) is 29.6 Å². The van der Waals surface area contributed by atoms with E-state index >= 15 is 0 Å². The Morgan fingerprint density at radius 1 is 1.19 bits per heavy atom. The van der Waals surface area contributed by atoms with Crippen molar-refractivity contribution >= 4 is 17.7 Å². The van der Waals surface area contributed by atoms with Gasteiger partial charge in [0.2, 0.25) is 5.91 Å². The Kier molecular flexibility index (Phi) is 6.73. The first-order chi connectivity index (χ1) is 15.3. The second-order valence-electron chi connectivity index (χ2n) is 7.39. The Labute approximate surface area is 186 Å². The summed E-state index contributed by atoms with van der Waals surface area (Å²) in [5.74, 6) is -1.12. The summed E-state index contributed by atoms with van der Waals surface area (Å²) in [4.78, 5) is 29.7. The van der Waals surface area contributed by atoms with Gasteiger partial charge in [-0.3, -0.25) is 15.2 Å². The number of aryl methyl sites for hydroxylation is 1. The second-order valence-corrected chi connectivity index (χ2v) is 7.39. The molecular weight excluding hydrogens is 408 g/mol. The number of hydrogen-bond acceptors (Lipinski definition) is 6. The molecule has 1 heterocycles. The maximum atomic E-state index is 13.1. The van der Waals surface area contributed by atoms with E-state index in [9.17, 15) is 9.59 Å². The third-order valence-electron chi connectivity index (χ3n) is 5.46. The minimum Gasteiger partial charge on any atom is -0.494 e. The van der Waals surface area contributed by atoms with Crippen molar-refractivity contribution in [2.75, 3.05) is 14.2 Å². The molecule has 1 aliphatic carbocycles. The number of amidine groups is 1. The Bertz CT molecular complexity index is 1080. The van der Waals surface area contributed by atoms with Crippen LogP contribution in [0.3, 0.4) is 0 Å². The van der Waals surface area contributed by atoms with Gasteiger partial charge >= 0.3 is 5.97 Å². The SMILES string of the molecule is COC(=O)c1c(CNC(=O)C2(C(=N)N)C=CC(c3ccccc3)C=C2)cnc(C)c1OC. The van der Waals surface area contributed by atoms with Gasteiger partial charge in [0, 0.05) is 24.2 Å². The Morgan fingerprint density at radius 2 is 1.84 bits per heavy atom. The quantitative estimate of drug-likeness (QED) is 0.266. The van der Waals surface area contributed by atoms with E-state index in [0.29, 0.717) is 11.3 Å². The molecule has 0 radical (unpaired) electrons. The van der Waals surface area contributed by atoms with Crippen LogP contribution in [0, 0.1) is 17.7 Å². The summed E-state index contributed by atoms with van der Waals surface area (Å²) in [5, 5.41) is 10.8. The number of benzene rings is 1. The zero-order chi connectivity index (χ0) is 23.3. The van der Waals surface area contributed by atoms with E-state index in [1.54, 1.807) is 19.1 Å². The molecule has 0 fully saturated rings. The molecule has 8 nitrogen and oxygen atoms in total. The zero-order valence-electron chi connectivity index (χ0n) is 18.2. The van der Waals surface area contributed by atoms with E-state index in [4.69, 9.17) is 20.6 Å². The fraction of sp³-hybridized carbons (Fsp3) is 0.250. The number of pyridine rings is 1. The van der Waals surface area contributed by atoms with Crippen molar-refractivity contribution in [3.05, 3.63) is 83.2 Å². The van der Waals surface area contributed by atoms with E-state index in [1.165, 1.54) is 20.4 Å². The number of hydrogen-bond donors (Lipinski definition) is 3. The molecule has 32 heavy (non-hydrogen) atoms. The molecule has 1 aliphatic rings. The molecular formula is C24H26N4O4. The number of nitrogens with one attached hydrogen (secondary N) is 2. The maximum absolute atomic E-state index is 13.1. The predicted molar refractivity (Wildman–Crippen MR) is 121 cm³/mol. The third-order valence-corrected chi connectivity index (χ3v) is 5.46. The number of amides is 1. The van der Waals surface area contributed by atoms with Crippen molar-refractivity contribution in [1.82, 2.24) is 10.3 Å². The lowest BCUT2D eigenvalue weighted by molar-refractivity contribution is -0.124. The summed E-state index contributed by atoms with van der Waals surface area (Å²) in [7, 11) is 2.70. The van der Waals surface area contributed by atoms with Gasteiger partial charge in [-0.1, -0.05) is 54.6 Å². The van der Waals surface area contributed by atoms with Gasteiger partial charge in [0.25, 0.3) is 0 Å². The van der Waals surface area contributed by atoms with Crippen LogP contribution in [-0.4, -0.2) is 36.9 Å². The number of carbonyl (C=O) groups excluding carboxylic acids is 2. The Morgan fingerprint density at radius 3 is 2.41 bits per heavy atom. The number of ether oxygens (including phenoxy) is 2. The van der Waals surface area contributed by atoms with Gasteiger partial charge in [0.1, 0.15) is 16.8 Å². The summed E-state index contributed by atoms with van der Waals surface area (Å²) in [6.45, 7) is 1.69. The third kappa shape index (κ3) is 4.25. The van der Waals surface area contributed by atoms with E-state index in [1.807, 2.05) is 42.5 Å². The summed E-state index contributed by atoms with van der Waals surface area (Å²) >= 11 is 0. The lowest BCUT2D eigenvalue weighted by Crippen LogP contribution is -2.47. The van der Waals surface area contributed by atoms with Crippen LogP contribution in [0.2, 0.25) is 0 Å². The highest BCUT2D eigenvalue weighted by atomic mass is 16.5. The molecule has 1 aromatic heterocycles. The van der Waals surface area contributed by atoms with Gasteiger partial charge in [0.05, 0.1) is 19.9 Å². The van der Waals surface area contributed by atoms with Crippen LogP contribution in [0.5, 0.6) is 5.75 Å². The number of methoxy groups -OCH3 is 2. The number of nitrogens with zero attached hydrogens (tertiary/aromatic N) is 1. The summed E-state index contributed by atoms with van der Waals surface area (Å²) in [6, 6.07) is 9.81. The molecule has 0 unspecified atom stereocenters. The zero-order valence-corrected chi connectivity index (χ0v) is 18.2. The van der Waals surface area contributed by atoms with Crippen molar-refractivity contribution in [2.24, 2.45) is 11.1 Å². The van der Waals surface area contributed by atoms with Gasteiger partial charge in [-0.25, -0.2) is 4.79 Å². The smallest absolute Gasteiger partial charge is 0.342 e. The maximum Gasteiger partial charge on any atom is 0.342 e. The highest BCUT2D eigenvalue weighted by Gasteiger charge is 2.39. The number of allylic oxidation sites excluding steroid dienone is 2. The second kappa shape index (κ2) is 9.47. The summed E-state index contributed by atoms with van der Waals surface area (Å²) < 4.78 is 10.2. The minimum atomic E-state index is -1.42. The molecule has 0 saturated heterocycles. The lowest BCUT2D eigenvalue weighted by Gasteiger charge is -2.29. The minimum absolute atomic E-state index is 0.0204. The van der Waals surface area contributed by atoms with Crippen LogP contribution >= 0.6 is 0 Å². The molecule has 1 aromatic carbocycles. The molecule has 4 N–H and O–H groups in total. The number of aromatic nitrogens is 1. The largest absolute Gasteiger partial charge is 0.494 e. The number of rotatable bonds is 7. The van der Waals surface area contributed by atoms with Gasteiger partial charge in [-0.05, 0) is 12.5 Å². The fourth-order valence-electron chi connectivity index (χ4n) is 3.64. The fourth-order valence-corrected chi connectivity index (χ4v) is 3.64. The number of esters is 1. The number of carbonyl (C=O) groups is 2. The van der Waals surface area contributed by atoms with Crippen LogP contribution in [-0.2, 0) is 16.1 Å². The van der Waals surface area contributed by atoms with Gasteiger partial charge < -0.3 is 20.5 Å². The number of nitrogens with two attached hydrogens (primary N) is 1. The van der Waals surface area contributed by atoms with Gasteiger partial charge in [0.15, 0.2) is 5.75 Å². The molecule has 0 spiro atoms. The molecule has 8 heteroatoms. The molecule has 0 bridgehead atoms. The Hall–Kier alpha value is -3.94. The van der Waals surface area contributed by atoms with E-state index in [2.05, 4.69) is 10.3 Å². The van der Waals surface area contributed by atoms with Crippen LogP contribution in [0.1, 0.15) is 33.1 Å². The molecule has 1 amide bonds. The molecule has 0 atom stereocenters. The Balaban J connectivity index is 1.84. The van der Waals surface area contributed by atoms with Crippen LogP contribution in [0.15, 0.2) is 60.8 Å². The molecule has 3 rings (SSSR count). The van der Waals surface area contributed by atoms with Crippen molar-refractivity contribution in [3.63, 3.8) is 0 Å². The monoisotopic (exact) mass is 434 g/mol. The average Bonchev–Trinajstić information content (AvgIpc) is 2.82. The lowest BCUT2D eigenvalue weighted by atomic mass is 9.78. The van der Waals surface area contributed by atoms with Crippen molar-refractivity contribution in [3.8, 4) is 5.75 Å². The van der Waals surface area contributed by atoms with Crippen molar-refractivity contribution < 1.29 is 19.1 Å². The van der Waals surface area contributed by atoms with Gasteiger partial charge in [-0.2, -0.15) is 0 Å². The normalized spacial score (nSPS) is 19.3. The van der Waals surface area contributed by atoms with Crippen molar-refractivity contribution in [1.29, 1.82) is 5.41 Å². The molecule has 166 valence electrons. The molecule has 2 aromatic rings. The standard InChI is InChI=1S/C24H26N4O4/c1-15-20(31-2)19(21(29)32-3)18(13-27-15)14-28-23(30)24(22(25)26)11-9-17(10-12-24)16-7-5-4-6-8-16/h4-13,17H,14H2,1-3H3,(H3,25,26)(H,28,30). The molecule has 0 aliphatic heterocycles. The average molecular weight is 434 g/mol. The topological polar surface area (TPSA) is 127 Å². The predicted octanol–water partition coefficient (Wildman–Crippen LogP) is 2.63. The first-order valence-corrected chi connectivity index (χ1v) is 10.0. The summed E-state index contributed by atoms with van der Waals surface area (Å²) in [5.41, 5.74) is 6.63. The highest BCUT2D eigenvalue weighted by molar-refractivity contribution is 6.10. The van der Waals surface area contributed by atoms with Crippen LogP contribution in [0.25, 0.3) is 0 Å².